The number of carboxylic acids is 1. The lowest BCUT2D eigenvalue weighted by Crippen LogP contribution is -2.23. The van der Waals surface area contributed by atoms with Crippen LogP contribution in [0, 0.1) is 6.92 Å². The lowest BCUT2D eigenvalue weighted by molar-refractivity contribution is -0.121. The van der Waals surface area contributed by atoms with Crippen molar-refractivity contribution in [3.63, 3.8) is 0 Å². The quantitative estimate of drug-likeness (QED) is 0.749. The summed E-state index contributed by atoms with van der Waals surface area (Å²) < 4.78 is 10.5. The Kier molecular flexibility index (Phi) is 5.93. The normalized spacial score (nSPS) is 16.6. The molecule has 1 N–H and O–H groups in total. The molecule has 29 heavy (non-hydrogen) atoms. The van der Waals surface area contributed by atoms with E-state index < -0.39 is 5.97 Å². The molecule has 8 heteroatoms. The number of rotatable bonds is 5. The van der Waals surface area contributed by atoms with Crippen LogP contribution in [0.1, 0.15) is 21.5 Å². The maximum absolute atomic E-state index is 12.7. The van der Waals surface area contributed by atoms with Gasteiger partial charge in [0.2, 0.25) is 0 Å². The molecule has 1 aliphatic heterocycles. The van der Waals surface area contributed by atoms with Crippen molar-refractivity contribution in [2.75, 3.05) is 21.3 Å². The number of hydrogen-bond acceptors (Lipinski definition) is 6. The maximum atomic E-state index is 12.7. The third-order valence-electron chi connectivity index (χ3n) is 4.46. The van der Waals surface area contributed by atoms with Crippen LogP contribution in [0.25, 0.3) is 6.08 Å². The van der Waals surface area contributed by atoms with E-state index in [1.165, 1.54) is 22.7 Å². The number of hydrogen-bond donors (Lipinski definition) is 1. The predicted molar refractivity (Wildman–Crippen MR) is 113 cm³/mol. The molecule has 1 amide bonds. The van der Waals surface area contributed by atoms with Gasteiger partial charge in [0.1, 0.15) is 0 Å². The molecular formula is C21H20N2O5S. The Bertz CT molecular complexity index is 1050. The van der Waals surface area contributed by atoms with Crippen LogP contribution < -0.4 is 9.47 Å². The largest absolute Gasteiger partial charge is 0.493 e. The summed E-state index contributed by atoms with van der Waals surface area (Å²) >= 11 is 1.23. The van der Waals surface area contributed by atoms with Gasteiger partial charge in [0.25, 0.3) is 5.91 Å². The number of amidine groups is 1. The number of carbonyl (C=O) groups excluding carboxylic acids is 1. The van der Waals surface area contributed by atoms with E-state index in [-0.39, 0.29) is 11.5 Å². The molecule has 0 spiro atoms. The Hall–Kier alpha value is -3.26. The molecule has 1 heterocycles. The minimum absolute atomic E-state index is 0.185. The summed E-state index contributed by atoms with van der Waals surface area (Å²) in [7, 11) is 4.75. The number of ether oxygens (including phenoxy) is 2. The third-order valence-corrected chi connectivity index (χ3v) is 5.52. The number of amides is 1. The highest BCUT2D eigenvalue weighted by Gasteiger charge is 2.30. The average molecular weight is 412 g/mol. The van der Waals surface area contributed by atoms with Crippen LogP contribution in [-0.2, 0) is 4.79 Å². The highest BCUT2D eigenvalue weighted by Crippen LogP contribution is 2.35. The first-order valence-corrected chi connectivity index (χ1v) is 9.48. The summed E-state index contributed by atoms with van der Waals surface area (Å²) in [5, 5.41) is 9.76. The Balaban J connectivity index is 1.94. The molecule has 1 aliphatic rings. The van der Waals surface area contributed by atoms with E-state index in [0.717, 1.165) is 5.56 Å². The zero-order chi connectivity index (χ0) is 21.1. The molecule has 2 aromatic rings. The molecule has 1 fully saturated rings. The highest BCUT2D eigenvalue weighted by molar-refractivity contribution is 8.18. The van der Waals surface area contributed by atoms with Crippen molar-refractivity contribution >= 4 is 40.6 Å². The molecule has 2 aromatic carbocycles. The zero-order valence-corrected chi connectivity index (χ0v) is 17.2. The van der Waals surface area contributed by atoms with Gasteiger partial charge in [-0.15, -0.1) is 0 Å². The van der Waals surface area contributed by atoms with Crippen molar-refractivity contribution in [1.29, 1.82) is 0 Å². The summed E-state index contributed by atoms with van der Waals surface area (Å²) in [4.78, 5) is 30.5. The number of likely N-dealkylation sites (N-methyl/N-ethyl adjacent to an activating group) is 1. The minimum Gasteiger partial charge on any atom is -0.493 e. The van der Waals surface area contributed by atoms with Crippen LogP contribution in [0.2, 0.25) is 0 Å². The van der Waals surface area contributed by atoms with Gasteiger partial charge < -0.3 is 14.6 Å². The van der Waals surface area contributed by atoms with Gasteiger partial charge in [0, 0.05) is 7.05 Å². The average Bonchev–Trinajstić information content (AvgIpc) is 2.97. The molecular weight excluding hydrogens is 392 g/mol. The summed E-state index contributed by atoms with van der Waals surface area (Å²) in [5.41, 5.74) is 2.04. The number of nitrogens with zero attached hydrogens (tertiary/aromatic N) is 2. The second kappa shape index (κ2) is 8.40. The molecule has 0 radical (unpaired) electrons. The number of thioether (sulfide) groups is 1. The number of benzene rings is 2. The van der Waals surface area contributed by atoms with Crippen LogP contribution in [0.5, 0.6) is 11.5 Å². The van der Waals surface area contributed by atoms with E-state index in [9.17, 15) is 14.7 Å². The summed E-state index contributed by atoms with van der Waals surface area (Å²) in [6, 6.07) is 10.3. The van der Waals surface area contributed by atoms with Crippen LogP contribution in [0.15, 0.2) is 46.3 Å². The molecule has 3 rings (SSSR count). The summed E-state index contributed by atoms with van der Waals surface area (Å²) in [5.74, 6) is -0.0217. The number of methoxy groups -OCH3 is 2. The van der Waals surface area contributed by atoms with Crippen LogP contribution in [-0.4, -0.2) is 48.3 Å². The van der Waals surface area contributed by atoms with E-state index in [1.807, 2.05) is 6.07 Å². The monoisotopic (exact) mass is 412 g/mol. The molecule has 0 unspecified atom stereocenters. The molecule has 150 valence electrons. The fraction of sp³-hybridized carbons (Fsp3) is 0.190. The van der Waals surface area contributed by atoms with Crippen molar-refractivity contribution in [2.24, 2.45) is 4.99 Å². The van der Waals surface area contributed by atoms with Crippen molar-refractivity contribution in [3.05, 3.63) is 58.0 Å². The fourth-order valence-corrected chi connectivity index (χ4v) is 3.80. The van der Waals surface area contributed by atoms with E-state index in [4.69, 9.17) is 9.47 Å². The van der Waals surface area contributed by atoms with Crippen molar-refractivity contribution in [1.82, 2.24) is 4.90 Å². The lowest BCUT2D eigenvalue weighted by Gasteiger charge is -2.09. The summed E-state index contributed by atoms with van der Waals surface area (Å²) in [6.07, 6.45) is 1.76. The molecule has 0 aliphatic carbocycles. The third kappa shape index (κ3) is 4.12. The SMILES string of the molecule is COc1ccc(/C=C2\SC(=Nc3cccc(C(=O)O)c3C)N(C)C2=O)cc1OC. The van der Waals surface area contributed by atoms with Gasteiger partial charge >= 0.3 is 5.97 Å². The number of carbonyl (C=O) groups is 2. The van der Waals surface area contributed by atoms with E-state index in [0.29, 0.717) is 32.8 Å². The Morgan fingerprint density at radius 2 is 1.90 bits per heavy atom. The second-order valence-electron chi connectivity index (χ2n) is 6.24. The first-order chi connectivity index (χ1) is 13.8. The summed E-state index contributed by atoms with van der Waals surface area (Å²) in [6.45, 7) is 1.70. The van der Waals surface area contributed by atoms with Gasteiger partial charge in [0.05, 0.1) is 30.4 Å². The van der Waals surface area contributed by atoms with Gasteiger partial charge in [-0.1, -0.05) is 12.1 Å². The number of carboxylic acid groups (broad SMARTS) is 1. The topological polar surface area (TPSA) is 88.4 Å². The Morgan fingerprint density at radius 1 is 1.17 bits per heavy atom. The van der Waals surface area contributed by atoms with E-state index in [2.05, 4.69) is 4.99 Å². The zero-order valence-electron chi connectivity index (χ0n) is 16.4. The predicted octanol–water partition coefficient (Wildman–Crippen LogP) is 3.94. The Labute approximate surface area is 172 Å². The van der Waals surface area contributed by atoms with E-state index >= 15 is 0 Å². The van der Waals surface area contributed by atoms with Crippen molar-refractivity contribution in [3.8, 4) is 11.5 Å². The van der Waals surface area contributed by atoms with Gasteiger partial charge in [-0.2, -0.15) is 0 Å². The van der Waals surface area contributed by atoms with Gasteiger partial charge in [-0.3, -0.25) is 9.69 Å². The molecule has 0 saturated carbocycles. The Morgan fingerprint density at radius 3 is 2.55 bits per heavy atom. The van der Waals surface area contributed by atoms with Gasteiger partial charge in [-0.25, -0.2) is 9.79 Å². The van der Waals surface area contributed by atoms with Crippen LogP contribution in [0.4, 0.5) is 5.69 Å². The maximum Gasteiger partial charge on any atom is 0.336 e. The van der Waals surface area contributed by atoms with Crippen molar-refractivity contribution < 1.29 is 24.2 Å². The molecule has 1 saturated heterocycles. The van der Waals surface area contributed by atoms with Gasteiger partial charge in [-0.05, 0) is 60.2 Å². The van der Waals surface area contributed by atoms with Crippen LogP contribution in [0.3, 0.4) is 0 Å². The minimum atomic E-state index is -1.01. The van der Waals surface area contributed by atoms with Gasteiger partial charge in [0.15, 0.2) is 16.7 Å². The number of aromatic carboxylic acids is 1. The first kappa shape index (κ1) is 20.5. The van der Waals surface area contributed by atoms with Crippen LogP contribution >= 0.6 is 11.8 Å². The lowest BCUT2D eigenvalue weighted by atomic mass is 10.1. The molecule has 0 atom stereocenters. The van der Waals surface area contributed by atoms with Crippen molar-refractivity contribution in [2.45, 2.75) is 6.92 Å². The van der Waals surface area contributed by atoms with E-state index in [1.54, 1.807) is 58.5 Å². The smallest absolute Gasteiger partial charge is 0.336 e. The number of aliphatic imine (C=N–C) groups is 1. The standard InChI is InChI=1S/C21H20N2O5S/c1-12-14(20(25)26)6-5-7-15(12)22-21-23(2)19(24)18(29-21)11-13-8-9-16(27-3)17(10-13)28-4/h5-11H,1-4H3,(H,25,26)/b18-11-,22-21?. The first-order valence-electron chi connectivity index (χ1n) is 8.67. The highest BCUT2D eigenvalue weighted by atomic mass is 32.2. The molecule has 0 bridgehead atoms. The molecule has 0 aromatic heterocycles. The second-order valence-corrected chi connectivity index (χ2v) is 7.25. The fourth-order valence-electron chi connectivity index (χ4n) is 2.82. The molecule has 7 nitrogen and oxygen atoms in total.